The van der Waals surface area contributed by atoms with E-state index in [1.807, 2.05) is 19.0 Å². The molecule has 3 unspecified atom stereocenters. The largest absolute Gasteiger partial charge is 0.508 e. The van der Waals surface area contributed by atoms with Crippen molar-refractivity contribution in [1.29, 1.82) is 0 Å². The van der Waals surface area contributed by atoms with Crippen LogP contribution in [-0.2, 0) is 20.8 Å². The van der Waals surface area contributed by atoms with Gasteiger partial charge in [0.2, 0.25) is 5.78 Å². The number of primary amides is 1. The van der Waals surface area contributed by atoms with Crippen LogP contribution in [0.15, 0.2) is 47.2 Å². The van der Waals surface area contributed by atoms with Gasteiger partial charge in [0.1, 0.15) is 28.6 Å². The molecule has 5 rings (SSSR count). The first kappa shape index (κ1) is 25.3. The summed E-state index contributed by atoms with van der Waals surface area (Å²) in [4.78, 5) is 39.9. The standard InChI is InChI=1S/C28H28N2O8/c1-30(2)18-11-16(12-4-6-15(38-3)7-5-12)23(32)21-17(18)9-13-8-14-10-19(31)22(27(29)36)26(35)28(14,37)25(34)20(13)24(21)33/h4-7,11,13-14,32-33,35,37H,8-10H2,1-3H3,(H2,29,36). The number of aromatic hydroxyl groups is 1. The van der Waals surface area contributed by atoms with Gasteiger partial charge in [-0.2, -0.15) is 0 Å². The third-order valence-corrected chi connectivity index (χ3v) is 7.92. The number of hydrogen-bond donors (Lipinski definition) is 5. The Kier molecular flexibility index (Phi) is 5.75. The van der Waals surface area contributed by atoms with E-state index in [-0.39, 0.29) is 36.1 Å². The van der Waals surface area contributed by atoms with Crippen LogP contribution in [0.4, 0.5) is 5.69 Å². The van der Waals surface area contributed by atoms with Gasteiger partial charge in [-0.05, 0) is 48.1 Å². The van der Waals surface area contributed by atoms with Crippen LogP contribution in [0.5, 0.6) is 11.5 Å². The molecule has 3 aliphatic rings. The predicted molar refractivity (Wildman–Crippen MR) is 138 cm³/mol. The molecule has 1 fully saturated rings. The van der Waals surface area contributed by atoms with Crippen LogP contribution in [0, 0.1) is 11.8 Å². The number of carbonyl (C=O) groups is 3. The van der Waals surface area contributed by atoms with Crippen molar-refractivity contribution in [2.24, 2.45) is 17.6 Å². The Balaban J connectivity index is 1.73. The molecule has 38 heavy (non-hydrogen) atoms. The number of ether oxygens (including phenoxy) is 1. The fourth-order valence-electron chi connectivity index (χ4n) is 6.06. The van der Waals surface area contributed by atoms with Gasteiger partial charge >= 0.3 is 0 Å². The number of ketones is 2. The number of rotatable bonds is 4. The summed E-state index contributed by atoms with van der Waals surface area (Å²) in [6, 6.07) is 8.76. The number of phenols is 1. The van der Waals surface area contributed by atoms with Crippen molar-refractivity contribution in [1.82, 2.24) is 0 Å². The van der Waals surface area contributed by atoms with Crippen molar-refractivity contribution in [3.63, 3.8) is 0 Å². The van der Waals surface area contributed by atoms with Crippen LogP contribution in [0.3, 0.4) is 0 Å². The minimum Gasteiger partial charge on any atom is -0.508 e. The van der Waals surface area contributed by atoms with Crippen LogP contribution in [-0.4, -0.2) is 64.7 Å². The molecule has 10 heteroatoms. The molecule has 0 aliphatic heterocycles. The highest BCUT2D eigenvalue weighted by Gasteiger charge is 2.60. The molecule has 0 spiro atoms. The maximum atomic E-state index is 13.7. The lowest BCUT2D eigenvalue weighted by Crippen LogP contribution is -2.58. The highest BCUT2D eigenvalue weighted by Crippen LogP contribution is 2.54. The highest BCUT2D eigenvalue weighted by molar-refractivity contribution is 6.22. The summed E-state index contributed by atoms with van der Waals surface area (Å²) in [7, 11) is 5.18. The molecule has 0 saturated heterocycles. The van der Waals surface area contributed by atoms with Gasteiger partial charge in [0.05, 0.1) is 12.7 Å². The first-order valence-electron chi connectivity index (χ1n) is 12.1. The summed E-state index contributed by atoms with van der Waals surface area (Å²) in [6.07, 6.45) is -0.0424. The Morgan fingerprint density at radius 3 is 2.34 bits per heavy atom. The summed E-state index contributed by atoms with van der Waals surface area (Å²) in [5.74, 6) is -5.87. The Labute approximate surface area is 218 Å². The molecule has 3 aliphatic carbocycles. The number of Topliss-reactive ketones (excluding diaryl/α,β-unsaturated/α-hetero) is 2. The predicted octanol–water partition coefficient (Wildman–Crippen LogP) is 2.17. The second kappa shape index (κ2) is 8.63. The number of carbonyl (C=O) groups excluding carboxylic acids is 3. The highest BCUT2D eigenvalue weighted by atomic mass is 16.5. The lowest BCUT2D eigenvalue weighted by Gasteiger charge is -2.46. The number of nitrogens with two attached hydrogens (primary N) is 1. The van der Waals surface area contributed by atoms with Crippen molar-refractivity contribution < 1.29 is 39.5 Å². The number of benzene rings is 2. The average molecular weight is 521 g/mol. The fourth-order valence-corrected chi connectivity index (χ4v) is 6.06. The second-order valence-electron chi connectivity index (χ2n) is 10.2. The lowest BCUT2D eigenvalue weighted by atomic mass is 9.59. The number of aliphatic hydroxyl groups excluding tert-OH is 2. The zero-order valence-electron chi connectivity index (χ0n) is 21.1. The smallest absolute Gasteiger partial charge is 0.255 e. The monoisotopic (exact) mass is 520 g/mol. The van der Waals surface area contributed by atoms with E-state index in [0.717, 1.165) is 0 Å². The molecule has 6 N–H and O–H groups in total. The molecule has 0 heterocycles. The number of methoxy groups -OCH3 is 1. The van der Waals surface area contributed by atoms with Crippen LogP contribution in [0.2, 0.25) is 0 Å². The van der Waals surface area contributed by atoms with Crippen molar-refractivity contribution >= 4 is 28.9 Å². The van der Waals surface area contributed by atoms with E-state index < -0.39 is 52.0 Å². The van der Waals surface area contributed by atoms with Gasteiger partial charge in [-0.1, -0.05) is 12.1 Å². The third-order valence-electron chi connectivity index (χ3n) is 7.92. The minimum atomic E-state index is -2.59. The van der Waals surface area contributed by atoms with Crippen molar-refractivity contribution in [2.45, 2.75) is 24.9 Å². The van der Waals surface area contributed by atoms with Crippen LogP contribution < -0.4 is 15.4 Å². The molecule has 0 aromatic heterocycles. The number of aliphatic hydroxyl groups is 3. The van der Waals surface area contributed by atoms with E-state index in [9.17, 15) is 34.8 Å². The third kappa shape index (κ3) is 3.40. The van der Waals surface area contributed by atoms with Gasteiger partial charge in [-0.25, -0.2) is 0 Å². The molecule has 1 saturated carbocycles. The van der Waals surface area contributed by atoms with Gasteiger partial charge in [-0.15, -0.1) is 0 Å². The zero-order valence-corrected chi connectivity index (χ0v) is 21.1. The van der Waals surface area contributed by atoms with Gasteiger partial charge < -0.3 is 35.8 Å². The van der Waals surface area contributed by atoms with Crippen LogP contribution in [0.25, 0.3) is 16.9 Å². The Morgan fingerprint density at radius 1 is 1.11 bits per heavy atom. The van der Waals surface area contributed by atoms with Gasteiger partial charge in [0, 0.05) is 43.3 Å². The van der Waals surface area contributed by atoms with Gasteiger partial charge in [0.15, 0.2) is 11.4 Å². The Bertz CT molecular complexity index is 1470. The minimum absolute atomic E-state index is 0.0501. The summed E-state index contributed by atoms with van der Waals surface area (Å²) in [5, 5.41) is 45.0. The SMILES string of the molecule is COc1ccc(-c2cc(N(C)C)c3c(c2O)C(O)=C2C(=O)C4(O)C(O)=C(C(N)=O)C(=O)CC4CC2C3)cc1. The molecule has 2 aromatic carbocycles. The van der Waals surface area contributed by atoms with E-state index in [0.29, 0.717) is 28.1 Å². The maximum Gasteiger partial charge on any atom is 0.255 e. The first-order valence-corrected chi connectivity index (χ1v) is 12.1. The molecule has 0 radical (unpaired) electrons. The van der Waals surface area contributed by atoms with Crippen LogP contribution in [0.1, 0.15) is 24.0 Å². The topological polar surface area (TPSA) is 171 Å². The molecular weight excluding hydrogens is 492 g/mol. The zero-order chi connectivity index (χ0) is 27.7. The summed E-state index contributed by atoms with van der Waals surface area (Å²) in [5.41, 5.74) is 4.07. The van der Waals surface area contributed by atoms with Crippen molar-refractivity contribution in [3.05, 3.63) is 58.4 Å². The number of fused-ring (bicyclic) bond motifs is 3. The van der Waals surface area contributed by atoms with E-state index in [4.69, 9.17) is 10.5 Å². The first-order chi connectivity index (χ1) is 17.9. The number of amides is 1. The number of nitrogens with zero attached hydrogens (tertiary/aromatic N) is 1. The maximum absolute atomic E-state index is 13.7. The molecule has 0 bridgehead atoms. The Hall–Kier alpha value is -4.31. The van der Waals surface area contributed by atoms with E-state index >= 15 is 0 Å². The summed E-state index contributed by atoms with van der Waals surface area (Å²) < 4.78 is 5.21. The van der Waals surface area contributed by atoms with E-state index in [1.165, 1.54) is 7.11 Å². The lowest BCUT2D eigenvalue weighted by molar-refractivity contribution is -0.147. The number of phenolic OH excluding ortho intramolecular Hbond substituents is 1. The van der Waals surface area contributed by atoms with Crippen molar-refractivity contribution in [3.8, 4) is 22.6 Å². The molecule has 3 atom stereocenters. The summed E-state index contributed by atoms with van der Waals surface area (Å²) >= 11 is 0. The molecular formula is C28H28N2O8. The van der Waals surface area contributed by atoms with Crippen LogP contribution >= 0.6 is 0 Å². The van der Waals surface area contributed by atoms with Gasteiger partial charge in [0.25, 0.3) is 5.91 Å². The van der Waals surface area contributed by atoms with Gasteiger partial charge in [-0.3, -0.25) is 14.4 Å². The molecule has 198 valence electrons. The number of anilines is 1. The Morgan fingerprint density at radius 2 is 1.76 bits per heavy atom. The number of hydrogen-bond acceptors (Lipinski definition) is 9. The fraction of sp³-hybridized carbons (Fsp3) is 0.321. The summed E-state index contributed by atoms with van der Waals surface area (Å²) in [6.45, 7) is 0. The quantitative estimate of drug-likeness (QED) is 0.379. The molecule has 1 amide bonds. The average Bonchev–Trinajstić information content (AvgIpc) is 2.86. The molecule has 2 aromatic rings. The molecule has 10 nitrogen and oxygen atoms in total. The van der Waals surface area contributed by atoms with E-state index in [2.05, 4.69) is 0 Å². The second-order valence-corrected chi connectivity index (χ2v) is 10.2. The van der Waals surface area contributed by atoms with E-state index in [1.54, 1.807) is 30.3 Å². The normalized spacial score (nSPS) is 24.5. The van der Waals surface area contributed by atoms with Crippen molar-refractivity contribution in [2.75, 3.05) is 26.1 Å².